The standard InChI is InChI=1S/C12H14F2N4OS/c13-9(14)7-18(4-5-19)12-10(11(15)17-20-12)8-2-1-3-16-6-8/h1-3,6,9,19H,4-5,7H2,(H2,15,17). The summed E-state index contributed by atoms with van der Waals surface area (Å²) in [6.45, 7) is -0.605. The number of hydrogen-bond acceptors (Lipinski definition) is 6. The highest BCUT2D eigenvalue weighted by atomic mass is 32.1. The molecule has 0 spiro atoms. The van der Waals surface area contributed by atoms with Gasteiger partial charge < -0.3 is 15.7 Å². The summed E-state index contributed by atoms with van der Waals surface area (Å²) >= 11 is 1.04. The van der Waals surface area contributed by atoms with Crippen LogP contribution in [-0.4, -0.2) is 40.6 Å². The first-order valence-corrected chi connectivity index (χ1v) is 6.70. The van der Waals surface area contributed by atoms with Crippen LogP contribution in [0.2, 0.25) is 0 Å². The zero-order valence-corrected chi connectivity index (χ0v) is 11.4. The van der Waals surface area contributed by atoms with E-state index in [0.29, 0.717) is 16.1 Å². The number of anilines is 2. The summed E-state index contributed by atoms with van der Waals surface area (Å²) in [6.07, 6.45) is 0.707. The Kier molecular flexibility index (Phi) is 4.80. The molecule has 0 bridgehead atoms. The van der Waals surface area contributed by atoms with Crippen molar-refractivity contribution in [1.82, 2.24) is 9.36 Å². The van der Waals surface area contributed by atoms with E-state index in [1.165, 1.54) is 4.90 Å². The molecule has 2 heterocycles. The minimum absolute atomic E-state index is 0.0965. The molecule has 0 aliphatic heterocycles. The van der Waals surface area contributed by atoms with Gasteiger partial charge in [-0.2, -0.15) is 4.37 Å². The highest BCUT2D eigenvalue weighted by molar-refractivity contribution is 7.11. The molecule has 0 amide bonds. The van der Waals surface area contributed by atoms with Gasteiger partial charge in [0.1, 0.15) is 10.8 Å². The van der Waals surface area contributed by atoms with Crippen molar-refractivity contribution in [2.24, 2.45) is 0 Å². The molecular formula is C12H14F2N4OS. The average Bonchev–Trinajstić information content (AvgIpc) is 2.80. The Morgan fingerprint density at radius 1 is 1.45 bits per heavy atom. The van der Waals surface area contributed by atoms with Crippen LogP contribution in [-0.2, 0) is 0 Å². The predicted molar refractivity (Wildman–Crippen MR) is 75.1 cm³/mol. The van der Waals surface area contributed by atoms with Crippen molar-refractivity contribution in [2.75, 3.05) is 30.3 Å². The topological polar surface area (TPSA) is 75.3 Å². The van der Waals surface area contributed by atoms with Gasteiger partial charge in [-0.05, 0) is 17.6 Å². The van der Waals surface area contributed by atoms with Gasteiger partial charge in [-0.25, -0.2) is 8.78 Å². The van der Waals surface area contributed by atoms with Crippen LogP contribution in [0.25, 0.3) is 11.1 Å². The van der Waals surface area contributed by atoms with E-state index in [9.17, 15) is 8.78 Å². The number of nitrogens with zero attached hydrogens (tertiary/aromatic N) is 3. The Balaban J connectivity index is 2.41. The summed E-state index contributed by atoms with van der Waals surface area (Å²) < 4.78 is 29.3. The lowest BCUT2D eigenvalue weighted by atomic mass is 10.1. The van der Waals surface area contributed by atoms with E-state index in [-0.39, 0.29) is 19.0 Å². The molecule has 5 nitrogen and oxygen atoms in total. The van der Waals surface area contributed by atoms with Crippen molar-refractivity contribution in [2.45, 2.75) is 6.43 Å². The molecular weight excluding hydrogens is 286 g/mol. The molecule has 0 atom stereocenters. The van der Waals surface area contributed by atoms with Gasteiger partial charge in [0.05, 0.1) is 18.7 Å². The Labute approximate surface area is 118 Å². The van der Waals surface area contributed by atoms with Crippen molar-refractivity contribution in [3.63, 3.8) is 0 Å². The van der Waals surface area contributed by atoms with E-state index in [2.05, 4.69) is 9.36 Å². The molecule has 0 aliphatic carbocycles. The minimum Gasteiger partial charge on any atom is -0.395 e. The largest absolute Gasteiger partial charge is 0.395 e. The van der Waals surface area contributed by atoms with E-state index in [0.717, 1.165) is 11.5 Å². The second-order valence-corrected chi connectivity index (χ2v) is 4.80. The highest BCUT2D eigenvalue weighted by Gasteiger charge is 2.21. The number of hydrogen-bond donors (Lipinski definition) is 2. The minimum atomic E-state index is -2.51. The Bertz CT molecular complexity index is 550. The zero-order chi connectivity index (χ0) is 14.5. The molecule has 2 aromatic heterocycles. The molecule has 0 saturated carbocycles. The fourth-order valence-corrected chi connectivity index (χ4v) is 2.73. The second kappa shape index (κ2) is 6.58. The number of halogens is 2. The molecule has 0 fully saturated rings. The maximum Gasteiger partial charge on any atom is 0.255 e. The first-order valence-electron chi connectivity index (χ1n) is 5.93. The van der Waals surface area contributed by atoms with Gasteiger partial charge >= 0.3 is 0 Å². The molecule has 2 aromatic rings. The molecule has 20 heavy (non-hydrogen) atoms. The number of aliphatic hydroxyl groups excluding tert-OH is 1. The number of aromatic nitrogens is 2. The van der Waals surface area contributed by atoms with Crippen LogP contribution in [0.4, 0.5) is 19.6 Å². The van der Waals surface area contributed by atoms with Gasteiger partial charge in [0.25, 0.3) is 6.43 Å². The van der Waals surface area contributed by atoms with Gasteiger partial charge in [0, 0.05) is 24.5 Å². The van der Waals surface area contributed by atoms with Crippen molar-refractivity contribution < 1.29 is 13.9 Å². The lowest BCUT2D eigenvalue weighted by Gasteiger charge is -2.22. The lowest BCUT2D eigenvalue weighted by Crippen LogP contribution is -2.31. The molecule has 2 rings (SSSR count). The maximum absolute atomic E-state index is 12.7. The number of pyridine rings is 1. The third-order valence-corrected chi connectivity index (χ3v) is 3.59. The summed E-state index contributed by atoms with van der Waals surface area (Å²) in [4.78, 5) is 5.38. The highest BCUT2D eigenvalue weighted by Crippen LogP contribution is 2.39. The van der Waals surface area contributed by atoms with E-state index in [1.54, 1.807) is 24.5 Å². The summed E-state index contributed by atoms with van der Waals surface area (Å²) in [5.74, 6) is 0.273. The van der Waals surface area contributed by atoms with Crippen LogP contribution in [0, 0.1) is 0 Å². The van der Waals surface area contributed by atoms with Crippen LogP contribution < -0.4 is 10.6 Å². The van der Waals surface area contributed by atoms with Gasteiger partial charge in [0.15, 0.2) is 0 Å². The van der Waals surface area contributed by atoms with E-state index < -0.39 is 13.0 Å². The Morgan fingerprint density at radius 3 is 2.85 bits per heavy atom. The Hall–Kier alpha value is -1.80. The van der Waals surface area contributed by atoms with Crippen molar-refractivity contribution in [3.8, 4) is 11.1 Å². The second-order valence-electron chi connectivity index (χ2n) is 4.05. The monoisotopic (exact) mass is 300 g/mol. The molecule has 0 unspecified atom stereocenters. The van der Waals surface area contributed by atoms with Crippen molar-refractivity contribution in [3.05, 3.63) is 24.5 Å². The smallest absolute Gasteiger partial charge is 0.255 e. The quantitative estimate of drug-likeness (QED) is 0.851. The Morgan fingerprint density at radius 2 is 2.25 bits per heavy atom. The van der Waals surface area contributed by atoms with Crippen LogP contribution in [0.3, 0.4) is 0 Å². The van der Waals surface area contributed by atoms with Crippen molar-refractivity contribution in [1.29, 1.82) is 0 Å². The zero-order valence-electron chi connectivity index (χ0n) is 10.5. The fourth-order valence-electron chi connectivity index (χ4n) is 1.85. The predicted octanol–water partition coefficient (Wildman–Crippen LogP) is 1.85. The average molecular weight is 300 g/mol. The fraction of sp³-hybridized carbons (Fsp3) is 0.333. The van der Waals surface area contributed by atoms with Crippen LogP contribution in [0.1, 0.15) is 0 Å². The van der Waals surface area contributed by atoms with Crippen LogP contribution >= 0.6 is 11.5 Å². The molecule has 0 saturated heterocycles. The van der Waals surface area contributed by atoms with Gasteiger partial charge in [-0.1, -0.05) is 6.07 Å². The number of nitrogens with two attached hydrogens (primary N) is 1. The summed E-state index contributed by atoms with van der Waals surface area (Å²) in [6, 6.07) is 3.52. The van der Waals surface area contributed by atoms with E-state index in [1.807, 2.05) is 0 Å². The number of rotatable bonds is 6. The number of alkyl halides is 2. The first-order chi connectivity index (χ1) is 9.63. The molecule has 108 valence electrons. The molecule has 0 aliphatic rings. The summed E-state index contributed by atoms with van der Waals surface area (Å²) in [7, 11) is 0. The molecule has 3 N–H and O–H groups in total. The van der Waals surface area contributed by atoms with Crippen LogP contribution in [0.15, 0.2) is 24.5 Å². The third kappa shape index (κ3) is 3.20. The van der Waals surface area contributed by atoms with Gasteiger partial charge in [-0.3, -0.25) is 4.98 Å². The van der Waals surface area contributed by atoms with E-state index >= 15 is 0 Å². The third-order valence-electron chi connectivity index (χ3n) is 2.67. The van der Waals surface area contributed by atoms with Gasteiger partial charge in [0.2, 0.25) is 0 Å². The lowest BCUT2D eigenvalue weighted by molar-refractivity contribution is 0.153. The molecule has 8 heteroatoms. The van der Waals surface area contributed by atoms with E-state index in [4.69, 9.17) is 10.8 Å². The maximum atomic E-state index is 12.7. The SMILES string of the molecule is Nc1nsc(N(CCO)CC(F)F)c1-c1cccnc1. The summed E-state index contributed by atoms with van der Waals surface area (Å²) in [5.41, 5.74) is 7.13. The number of nitrogen functional groups attached to an aromatic ring is 1. The normalized spacial score (nSPS) is 11.0. The van der Waals surface area contributed by atoms with Crippen LogP contribution in [0.5, 0.6) is 0 Å². The first kappa shape index (κ1) is 14.6. The molecule has 0 aromatic carbocycles. The summed E-state index contributed by atoms with van der Waals surface area (Å²) in [5, 5.41) is 9.55. The van der Waals surface area contributed by atoms with Crippen molar-refractivity contribution >= 4 is 22.4 Å². The molecule has 0 radical (unpaired) electrons. The number of aliphatic hydroxyl groups is 1. The van der Waals surface area contributed by atoms with Gasteiger partial charge in [-0.15, -0.1) is 0 Å².